The first-order chi connectivity index (χ1) is 6.19. The second-order valence-electron chi connectivity index (χ2n) is 2.47. The molecule has 13 heavy (non-hydrogen) atoms. The van der Waals surface area contributed by atoms with Crippen LogP contribution in [0.3, 0.4) is 0 Å². The number of phenols is 1. The maximum atomic E-state index is 11.0. The van der Waals surface area contributed by atoms with E-state index in [-0.39, 0.29) is 11.3 Å². The van der Waals surface area contributed by atoms with Gasteiger partial charge in [0.25, 0.3) is 0 Å². The molecule has 1 rings (SSSR count). The first-order valence-corrected chi connectivity index (χ1v) is 3.73. The van der Waals surface area contributed by atoms with Crippen LogP contribution in [0.15, 0.2) is 24.8 Å². The average molecular weight is 178 g/mol. The molecule has 0 radical (unpaired) electrons. The van der Waals surface area contributed by atoms with Gasteiger partial charge in [0.15, 0.2) is 0 Å². The highest BCUT2D eigenvalue weighted by Crippen LogP contribution is 2.19. The Kier molecular flexibility index (Phi) is 2.69. The van der Waals surface area contributed by atoms with E-state index < -0.39 is 5.97 Å². The fourth-order valence-electron chi connectivity index (χ4n) is 0.958. The minimum Gasteiger partial charge on any atom is -0.507 e. The minimum absolute atomic E-state index is 0.0933. The van der Waals surface area contributed by atoms with Gasteiger partial charge in [-0.3, -0.25) is 0 Å². The number of carbonyl (C=O) groups is 1. The van der Waals surface area contributed by atoms with Crippen molar-refractivity contribution in [2.24, 2.45) is 0 Å². The summed E-state index contributed by atoms with van der Waals surface area (Å²) >= 11 is 0. The molecule has 0 unspecified atom stereocenters. The molecule has 1 aromatic rings. The number of esters is 1. The average Bonchev–Trinajstić information content (AvgIpc) is 2.16. The largest absolute Gasteiger partial charge is 0.507 e. The zero-order valence-corrected chi connectivity index (χ0v) is 7.28. The highest BCUT2D eigenvalue weighted by Gasteiger charge is 2.10. The van der Waals surface area contributed by atoms with Gasteiger partial charge in [-0.15, -0.1) is 0 Å². The molecule has 0 saturated carbocycles. The maximum Gasteiger partial charge on any atom is 0.341 e. The summed E-state index contributed by atoms with van der Waals surface area (Å²) in [5.41, 5.74) is 0.915. The number of phenolic OH excluding ortho intramolecular Hbond substituents is 1. The summed E-state index contributed by atoms with van der Waals surface area (Å²) in [7, 11) is 1.27. The number of benzene rings is 1. The number of ether oxygens (including phenoxy) is 1. The van der Waals surface area contributed by atoms with Gasteiger partial charge in [-0.2, -0.15) is 0 Å². The van der Waals surface area contributed by atoms with Gasteiger partial charge in [-0.25, -0.2) is 4.79 Å². The highest BCUT2D eigenvalue weighted by molar-refractivity contribution is 5.92. The number of hydrogen-bond donors (Lipinski definition) is 1. The van der Waals surface area contributed by atoms with Crippen molar-refractivity contribution in [3.8, 4) is 5.75 Å². The molecule has 0 aliphatic heterocycles. The van der Waals surface area contributed by atoms with E-state index in [2.05, 4.69) is 11.3 Å². The molecule has 68 valence electrons. The van der Waals surface area contributed by atoms with Crippen molar-refractivity contribution in [2.75, 3.05) is 7.11 Å². The molecule has 0 atom stereocenters. The summed E-state index contributed by atoms with van der Waals surface area (Å²) in [5, 5.41) is 9.38. The van der Waals surface area contributed by atoms with E-state index in [1.807, 2.05) is 0 Å². The molecule has 0 aromatic heterocycles. The van der Waals surface area contributed by atoms with E-state index in [1.165, 1.54) is 19.2 Å². The molecule has 0 aliphatic rings. The second kappa shape index (κ2) is 3.76. The minimum atomic E-state index is -0.548. The molecular weight excluding hydrogens is 168 g/mol. The van der Waals surface area contributed by atoms with Crippen LogP contribution < -0.4 is 0 Å². The van der Waals surface area contributed by atoms with Gasteiger partial charge in [-0.1, -0.05) is 18.7 Å². The topological polar surface area (TPSA) is 46.5 Å². The van der Waals surface area contributed by atoms with E-state index in [0.717, 1.165) is 5.56 Å². The zero-order chi connectivity index (χ0) is 9.84. The molecule has 0 aliphatic carbocycles. The molecule has 0 heterocycles. The molecule has 3 heteroatoms. The molecule has 0 bridgehead atoms. The third kappa shape index (κ3) is 1.87. The van der Waals surface area contributed by atoms with Crippen LogP contribution in [0.25, 0.3) is 6.08 Å². The summed E-state index contributed by atoms with van der Waals surface area (Å²) in [4.78, 5) is 11.0. The SMILES string of the molecule is C=Cc1ccc(C(=O)OC)c(O)c1. The van der Waals surface area contributed by atoms with Crippen molar-refractivity contribution in [3.63, 3.8) is 0 Å². The van der Waals surface area contributed by atoms with Crippen LogP contribution in [-0.4, -0.2) is 18.2 Å². The third-order valence-corrected chi connectivity index (χ3v) is 1.66. The molecule has 1 aromatic carbocycles. The molecular formula is C10H10O3. The van der Waals surface area contributed by atoms with Crippen molar-refractivity contribution in [2.45, 2.75) is 0 Å². The van der Waals surface area contributed by atoms with E-state index in [1.54, 1.807) is 12.1 Å². The lowest BCUT2D eigenvalue weighted by atomic mass is 10.1. The van der Waals surface area contributed by atoms with Crippen LogP contribution in [-0.2, 0) is 4.74 Å². The summed E-state index contributed by atoms with van der Waals surface area (Å²) < 4.78 is 4.47. The van der Waals surface area contributed by atoms with Crippen LogP contribution in [0.2, 0.25) is 0 Å². The van der Waals surface area contributed by atoms with Crippen molar-refractivity contribution in [3.05, 3.63) is 35.9 Å². The molecule has 0 fully saturated rings. The summed E-state index contributed by atoms with van der Waals surface area (Å²) in [5.74, 6) is -0.641. The van der Waals surface area contributed by atoms with E-state index in [9.17, 15) is 9.90 Å². The van der Waals surface area contributed by atoms with Gasteiger partial charge < -0.3 is 9.84 Å². The van der Waals surface area contributed by atoms with Crippen LogP contribution >= 0.6 is 0 Å². The number of hydrogen-bond acceptors (Lipinski definition) is 3. The number of carbonyl (C=O) groups excluding carboxylic acids is 1. The van der Waals surface area contributed by atoms with Crippen molar-refractivity contribution in [1.82, 2.24) is 0 Å². The molecule has 0 saturated heterocycles. The summed E-state index contributed by atoms with van der Waals surface area (Å²) in [6, 6.07) is 4.64. The Morgan fingerprint density at radius 3 is 2.77 bits per heavy atom. The Balaban J connectivity index is 3.12. The number of methoxy groups -OCH3 is 1. The van der Waals surface area contributed by atoms with Gasteiger partial charge in [0.05, 0.1) is 7.11 Å². The lowest BCUT2D eigenvalue weighted by Gasteiger charge is -2.02. The van der Waals surface area contributed by atoms with Crippen LogP contribution in [0.4, 0.5) is 0 Å². The van der Waals surface area contributed by atoms with Gasteiger partial charge in [-0.05, 0) is 17.7 Å². The van der Waals surface area contributed by atoms with Crippen LogP contribution in [0, 0.1) is 0 Å². The molecule has 1 N–H and O–H groups in total. The Morgan fingerprint density at radius 1 is 1.62 bits per heavy atom. The highest BCUT2D eigenvalue weighted by atomic mass is 16.5. The molecule has 3 nitrogen and oxygen atoms in total. The zero-order valence-electron chi connectivity index (χ0n) is 7.28. The van der Waals surface area contributed by atoms with E-state index >= 15 is 0 Å². The first kappa shape index (κ1) is 9.32. The third-order valence-electron chi connectivity index (χ3n) is 1.66. The normalized spacial score (nSPS) is 9.31. The number of aromatic hydroxyl groups is 1. The van der Waals surface area contributed by atoms with E-state index in [0.29, 0.717) is 0 Å². The molecule has 0 amide bonds. The fourth-order valence-corrected chi connectivity index (χ4v) is 0.958. The monoisotopic (exact) mass is 178 g/mol. The quantitative estimate of drug-likeness (QED) is 0.702. The lowest BCUT2D eigenvalue weighted by molar-refractivity contribution is 0.0597. The molecule has 0 spiro atoms. The van der Waals surface area contributed by atoms with Gasteiger partial charge in [0.2, 0.25) is 0 Å². The predicted molar refractivity (Wildman–Crippen MR) is 49.5 cm³/mol. The van der Waals surface area contributed by atoms with Gasteiger partial charge in [0.1, 0.15) is 11.3 Å². The van der Waals surface area contributed by atoms with Crippen molar-refractivity contribution < 1.29 is 14.6 Å². The Bertz CT molecular complexity index is 342. The van der Waals surface area contributed by atoms with Crippen LogP contribution in [0.5, 0.6) is 5.75 Å². The smallest absolute Gasteiger partial charge is 0.341 e. The fraction of sp³-hybridized carbons (Fsp3) is 0.100. The van der Waals surface area contributed by atoms with Gasteiger partial charge >= 0.3 is 5.97 Å². The number of rotatable bonds is 2. The first-order valence-electron chi connectivity index (χ1n) is 3.73. The van der Waals surface area contributed by atoms with E-state index in [4.69, 9.17) is 0 Å². The van der Waals surface area contributed by atoms with Crippen LogP contribution in [0.1, 0.15) is 15.9 Å². The summed E-state index contributed by atoms with van der Waals surface area (Å²) in [6.45, 7) is 3.54. The maximum absolute atomic E-state index is 11.0. The lowest BCUT2D eigenvalue weighted by Crippen LogP contribution is -2.01. The van der Waals surface area contributed by atoms with Gasteiger partial charge in [0, 0.05) is 0 Å². The Hall–Kier alpha value is -1.77. The standard InChI is InChI=1S/C10H10O3/c1-3-7-4-5-8(9(11)6-7)10(12)13-2/h3-6,11H,1H2,2H3. The Labute approximate surface area is 76.3 Å². The van der Waals surface area contributed by atoms with Crippen molar-refractivity contribution >= 4 is 12.0 Å². The Morgan fingerprint density at radius 2 is 2.31 bits per heavy atom. The predicted octanol–water partition coefficient (Wildman–Crippen LogP) is 1.82. The summed E-state index contributed by atoms with van der Waals surface area (Å²) in [6.07, 6.45) is 1.58. The second-order valence-corrected chi connectivity index (χ2v) is 2.47. The van der Waals surface area contributed by atoms with Crippen molar-refractivity contribution in [1.29, 1.82) is 0 Å².